The summed E-state index contributed by atoms with van der Waals surface area (Å²) in [5, 5.41) is 0. The van der Waals surface area contributed by atoms with Crippen LogP contribution in [0.4, 0.5) is 0 Å². The van der Waals surface area contributed by atoms with Gasteiger partial charge in [-0.05, 0) is 17.7 Å². The lowest BCUT2D eigenvalue weighted by Crippen LogP contribution is -2.59. The molecule has 0 aromatic heterocycles. The quantitative estimate of drug-likeness (QED) is 0.562. The maximum Gasteiger partial charge on any atom is 0.169 e. The molecule has 1 saturated carbocycles. The number of methoxy groups -OCH3 is 3. The minimum absolute atomic E-state index is 0.0295. The van der Waals surface area contributed by atoms with E-state index in [1.807, 2.05) is 12.1 Å². The molecule has 0 bridgehead atoms. The summed E-state index contributed by atoms with van der Waals surface area (Å²) in [4.78, 5) is 0. The lowest BCUT2D eigenvalue weighted by atomic mass is 9.61. The van der Waals surface area contributed by atoms with Crippen molar-refractivity contribution >= 4 is 31.9 Å². The molecule has 0 aliphatic heterocycles. The number of hydrogen-bond donors (Lipinski definition) is 0. The normalized spacial score (nSPS) is 20.1. The van der Waals surface area contributed by atoms with Crippen molar-refractivity contribution in [1.82, 2.24) is 0 Å². The molecule has 0 amide bonds. The van der Waals surface area contributed by atoms with Crippen LogP contribution < -0.4 is 4.74 Å². The third kappa shape index (κ3) is 2.58. The number of halogens is 2. The van der Waals surface area contributed by atoms with Gasteiger partial charge >= 0.3 is 0 Å². The van der Waals surface area contributed by atoms with Gasteiger partial charge in [-0.25, -0.2) is 0 Å². The third-order valence-corrected chi connectivity index (χ3v) is 5.75. The van der Waals surface area contributed by atoms with Gasteiger partial charge < -0.3 is 14.2 Å². The lowest BCUT2D eigenvalue weighted by molar-refractivity contribution is -0.275. The summed E-state index contributed by atoms with van der Waals surface area (Å²) in [6, 6.07) is 8.17. The number of benzene rings is 1. The molecule has 1 aliphatic rings. The van der Waals surface area contributed by atoms with Crippen LogP contribution in [0.1, 0.15) is 18.4 Å². The Hall–Kier alpha value is -0.100. The number of hydrogen-bond acceptors (Lipinski definition) is 3. The van der Waals surface area contributed by atoms with Crippen LogP contribution in [0.2, 0.25) is 0 Å². The van der Waals surface area contributed by atoms with Crippen molar-refractivity contribution in [3.05, 3.63) is 29.8 Å². The summed E-state index contributed by atoms with van der Waals surface area (Å²) < 4.78 is 16.4. The standard InChI is InChI=1S/C14H18Br2O3/c1-17-11-6-4-10(5-7-11)13(12(15)16)8-14(9-13,18-2)19-3/h4-7,12H,8-9H2,1-3H3. The van der Waals surface area contributed by atoms with E-state index in [0.29, 0.717) is 0 Å². The lowest BCUT2D eigenvalue weighted by Gasteiger charge is -2.55. The molecule has 1 aromatic rings. The summed E-state index contributed by atoms with van der Waals surface area (Å²) in [5.74, 6) is 0.392. The van der Waals surface area contributed by atoms with Crippen LogP contribution in [-0.2, 0) is 14.9 Å². The second kappa shape index (κ2) is 5.72. The highest BCUT2D eigenvalue weighted by Gasteiger charge is 2.59. The van der Waals surface area contributed by atoms with Crippen LogP contribution in [-0.4, -0.2) is 30.9 Å². The molecule has 0 radical (unpaired) electrons. The maximum absolute atomic E-state index is 5.51. The van der Waals surface area contributed by atoms with Crippen LogP contribution >= 0.6 is 31.9 Å². The molecular formula is C14H18Br2O3. The van der Waals surface area contributed by atoms with E-state index in [-0.39, 0.29) is 9.15 Å². The Morgan fingerprint density at radius 1 is 1.00 bits per heavy atom. The predicted octanol–water partition coefficient (Wildman–Crippen LogP) is 3.83. The van der Waals surface area contributed by atoms with Gasteiger partial charge in [0.2, 0.25) is 0 Å². The number of alkyl halides is 2. The summed E-state index contributed by atoms with van der Waals surface area (Å²) in [5.41, 5.74) is 1.22. The Morgan fingerprint density at radius 3 is 1.89 bits per heavy atom. The van der Waals surface area contributed by atoms with E-state index in [9.17, 15) is 0 Å². The topological polar surface area (TPSA) is 27.7 Å². The first kappa shape index (κ1) is 15.3. The van der Waals surface area contributed by atoms with E-state index in [0.717, 1.165) is 18.6 Å². The Morgan fingerprint density at radius 2 is 1.53 bits per heavy atom. The Bertz CT molecular complexity index is 419. The largest absolute Gasteiger partial charge is 0.497 e. The van der Waals surface area contributed by atoms with Crippen molar-refractivity contribution in [3.63, 3.8) is 0 Å². The minimum Gasteiger partial charge on any atom is -0.497 e. The fraction of sp³-hybridized carbons (Fsp3) is 0.571. The van der Waals surface area contributed by atoms with Gasteiger partial charge in [0.15, 0.2) is 5.79 Å². The van der Waals surface area contributed by atoms with E-state index in [4.69, 9.17) is 14.2 Å². The van der Waals surface area contributed by atoms with Crippen molar-refractivity contribution in [2.45, 2.75) is 27.8 Å². The fourth-order valence-corrected chi connectivity index (χ4v) is 3.86. The molecule has 106 valence electrons. The van der Waals surface area contributed by atoms with Crippen LogP contribution in [0.15, 0.2) is 24.3 Å². The van der Waals surface area contributed by atoms with E-state index < -0.39 is 5.79 Å². The van der Waals surface area contributed by atoms with E-state index in [1.54, 1.807) is 21.3 Å². The Kier molecular flexibility index (Phi) is 4.60. The average Bonchev–Trinajstić information content (AvgIpc) is 2.39. The highest BCUT2D eigenvalue weighted by molar-refractivity contribution is 9.24. The molecule has 2 rings (SSSR count). The zero-order chi connectivity index (χ0) is 14.1. The van der Waals surface area contributed by atoms with Crippen LogP contribution in [0.25, 0.3) is 0 Å². The summed E-state index contributed by atoms with van der Waals surface area (Å²) in [7, 11) is 5.06. The van der Waals surface area contributed by atoms with Crippen molar-refractivity contribution in [3.8, 4) is 5.75 Å². The summed E-state index contributed by atoms with van der Waals surface area (Å²) in [6.07, 6.45) is 1.61. The maximum atomic E-state index is 5.51. The molecule has 0 saturated heterocycles. The monoisotopic (exact) mass is 392 g/mol. The molecular weight excluding hydrogens is 376 g/mol. The molecule has 1 aliphatic carbocycles. The third-order valence-electron chi connectivity index (χ3n) is 4.00. The highest BCUT2D eigenvalue weighted by Crippen LogP contribution is 2.57. The van der Waals surface area contributed by atoms with Gasteiger partial charge in [0.05, 0.1) is 10.8 Å². The van der Waals surface area contributed by atoms with Gasteiger partial charge in [-0.15, -0.1) is 0 Å². The Labute approximate surface area is 130 Å². The van der Waals surface area contributed by atoms with E-state index in [2.05, 4.69) is 44.0 Å². The number of ether oxygens (including phenoxy) is 3. The van der Waals surface area contributed by atoms with Crippen molar-refractivity contribution < 1.29 is 14.2 Å². The number of rotatable bonds is 5. The molecule has 1 fully saturated rings. The molecule has 0 unspecified atom stereocenters. The van der Waals surface area contributed by atoms with Gasteiger partial charge in [-0.2, -0.15) is 0 Å². The van der Waals surface area contributed by atoms with Gasteiger partial charge in [-0.3, -0.25) is 0 Å². The Balaban J connectivity index is 2.27. The molecule has 5 heteroatoms. The van der Waals surface area contributed by atoms with Gasteiger partial charge in [0, 0.05) is 32.5 Å². The molecule has 0 atom stereocenters. The average molecular weight is 394 g/mol. The van der Waals surface area contributed by atoms with Gasteiger partial charge in [0.1, 0.15) is 5.75 Å². The van der Waals surface area contributed by atoms with Crippen molar-refractivity contribution in [1.29, 1.82) is 0 Å². The van der Waals surface area contributed by atoms with Crippen LogP contribution in [0.3, 0.4) is 0 Å². The van der Waals surface area contributed by atoms with Crippen molar-refractivity contribution in [2.75, 3.05) is 21.3 Å². The first-order chi connectivity index (χ1) is 9.02. The predicted molar refractivity (Wildman–Crippen MR) is 82.3 cm³/mol. The van der Waals surface area contributed by atoms with Crippen LogP contribution in [0, 0.1) is 0 Å². The zero-order valence-corrected chi connectivity index (χ0v) is 14.5. The molecule has 0 N–H and O–H groups in total. The van der Waals surface area contributed by atoms with Crippen LogP contribution in [0.5, 0.6) is 5.75 Å². The SMILES string of the molecule is COc1ccc(C2(C(Br)Br)CC(OC)(OC)C2)cc1. The first-order valence-electron chi connectivity index (χ1n) is 6.05. The highest BCUT2D eigenvalue weighted by atomic mass is 79.9. The first-order valence-corrected chi connectivity index (χ1v) is 7.88. The summed E-state index contributed by atoms with van der Waals surface area (Å²) >= 11 is 7.33. The minimum atomic E-state index is -0.473. The van der Waals surface area contributed by atoms with Gasteiger partial charge in [-0.1, -0.05) is 44.0 Å². The van der Waals surface area contributed by atoms with E-state index in [1.165, 1.54) is 5.56 Å². The van der Waals surface area contributed by atoms with Crippen molar-refractivity contribution in [2.24, 2.45) is 0 Å². The van der Waals surface area contributed by atoms with Gasteiger partial charge in [0.25, 0.3) is 0 Å². The second-order valence-electron chi connectivity index (χ2n) is 4.86. The molecule has 19 heavy (non-hydrogen) atoms. The molecule has 3 nitrogen and oxygen atoms in total. The second-order valence-corrected chi connectivity index (χ2v) is 7.92. The smallest absolute Gasteiger partial charge is 0.169 e. The fourth-order valence-electron chi connectivity index (χ4n) is 2.69. The molecule has 0 spiro atoms. The molecule has 0 heterocycles. The zero-order valence-electron chi connectivity index (χ0n) is 11.3. The van der Waals surface area contributed by atoms with E-state index >= 15 is 0 Å². The molecule has 1 aromatic carbocycles. The summed E-state index contributed by atoms with van der Waals surface area (Å²) in [6.45, 7) is 0.